The van der Waals surface area contributed by atoms with Crippen LogP contribution in [0.3, 0.4) is 0 Å². The maximum Gasteiger partial charge on any atom is 0.129 e. The van der Waals surface area contributed by atoms with Gasteiger partial charge in [0, 0.05) is 19.6 Å². The Kier molecular flexibility index (Phi) is 2.83. The Morgan fingerprint density at radius 3 is 3.08 bits per heavy atom. The second-order valence-electron chi connectivity index (χ2n) is 4.31. The summed E-state index contributed by atoms with van der Waals surface area (Å²) in [6, 6.07) is 0. The molecule has 0 bridgehead atoms. The average molecular weight is 184 g/mol. The molecule has 76 valence electrons. The van der Waals surface area contributed by atoms with E-state index in [1.165, 1.54) is 25.9 Å². The lowest BCUT2D eigenvalue weighted by Gasteiger charge is -2.39. The number of nitrogens with two attached hydrogens (primary N) is 1. The second kappa shape index (κ2) is 3.92. The van der Waals surface area contributed by atoms with E-state index in [9.17, 15) is 0 Å². The van der Waals surface area contributed by atoms with Crippen molar-refractivity contribution in [2.75, 3.05) is 26.2 Å². The molecule has 0 saturated carbocycles. The van der Waals surface area contributed by atoms with E-state index >= 15 is 0 Å². The van der Waals surface area contributed by atoms with Crippen molar-refractivity contribution in [1.82, 2.24) is 15.2 Å². The van der Waals surface area contributed by atoms with Crippen LogP contribution in [0.1, 0.15) is 19.8 Å². The molecular formula is C9H20N4. The first-order chi connectivity index (χ1) is 6.27. The highest BCUT2D eigenvalue weighted by atomic mass is 15.6. The van der Waals surface area contributed by atoms with Gasteiger partial charge in [0.2, 0.25) is 0 Å². The molecule has 4 nitrogen and oxygen atoms in total. The number of hydrogen-bond donors (Lipinski definition) is 2. The Morgan fingerprint density at radius 1 is 1.38 bits per heavy atom. The van der Waals surface area contributed by atoms with Crippen molar-refractivity contribution in [3.63, 3.8) is 0 Å². The third-order valence-electron chi connectivity index (χ3n) is 3.04. The van der Waals surface area contributed by atoms with Gasteiger partial charge in [-0.3, -0.25) is 16.1 Å². The van der Waals surface area contributed by atoms with Crippen LogP contribution in [0.15, 0.2) is 0 Å². The summed E-state index contributed by atoms with van der Waals surface area (Å²) >= 11 is 0. The Balaban J connectivity index is 2.03. The van der Waals surface area contributed by atoms with Gasteiger partial charge in [-0.25, -0.2) is 5.01 Å². The molecule has 0 aliphatic carbocycles. The number of rotatable bonds is 0. The lowest BCUT2D eigenvalue weighted by atomic mass is 10.1. The largest absolute Gasteiger partial charge is 0.288 e. The Hall–Kier alpha value is -0.160. The fraction of sp³-hybridized carbons (Fsp3) is 1.00. The molecule has 0 aromatic carbocycles. The molecular weight excluding hydrogens is 164 g/mol. The first-order valence-corrected chi connectivity index (χ1v) is 5.26. The van der Waals surface area contributed by atoms with Crippen molar-refractivity contribution in [3.05, 3.63) is 0 Å². The third-order valence-corrected chi connectivity index (χ3v) is 3.04. The van der Waals surface area contributed by atoms with Crippen LogP contribution in [-0.4, -0.2) is 42.4 Å². The van der Waals surface area contributed by atoms with Gasteiger partial charge in [0.05, 0.1) is 0 Å². The first-order valence-electron chi connectivity index (χ1n) is 5.26. The summed E-state index contributed by atoms with van der Waals surface area (Å²) in [5, 5.41) is 5.41. The summed E-state index contributed by atoms with van der Waals surface area (Å²) < 4.78 is 0. The van der Waals surface area contributed by atoms with Crippen LogP contribution in [-0.2, 0) is 0 Å². The Labute approximate surface area is 80.0 Å². The molecule has 0 spiro atoms. The Bertz CT molecular complexity index is 173. The van der Waals surface area contributed by atoms with E-state index in [0.717, 1.165) is 19.0 Å². The first kappa shape index (κ1) is 9.40. The third kappa shape index (κ3) is 2.02. The summed E-state index contributed by atoms with van der Waals surface area (Å²) in [6.07, 6.45) is 2.81. The fourth-order valence-corrected chi connectivity index (χ4v) is 2.26. The molecule has 0 aromatic rings. The van der Waals surface area contributed by atoms with Crippen molar-refractivity contribution < 1.29 is 0 Å². The van der Waals surface area contributed by atoms with Gasteiger partial charge in [0.15, 0.2) is 0 Å². The quantitative estimate of drug-likeness (QED) is 0.511. The van der Waals surface area contributed by atoms with Crippen LogP contribution in [0, 0.1) is 5.92 Å². The molecule has 2 rings (SSSR count). The van der Waals surface area contributed by atoms with Crippen molar-refractivity contribution in [3.8, 4) is 0 Å². The molecule has 3 N–H and O–H groups in total. The fourth-order valence-electron chi connectivity index (χ4n) is 2.26. The van der Waals surface area contributed by atoms with Gasteiger partial charge in [0.25, 0.3) is 0 Å². The van der Waals surface area contributed by atoms with Gasteiger partial charge >= 0.3 is 0 Å². The molecule has 2 heterocycles. The van der Waals surface area contributed by atoms with Crippen LogP contribution in [0.25, 0.3) is 0 Å². The molecule has 2 atom stereocenters. The summed E-state index contributed by atoms with van der Waals surface area (Å²) in [6.45, 7) is 6.76. The molecule has 0 amide bonds. The van der Waals surface area contributed by atoms with E-state index in [2.05, 4.69) is 17.1 Å². The van der Waals surface area contributed by atoms with Gasteiger partial charge in [-0.05, 0) is 25.3 Å². The maximum atomic E-state index is 6.01. The molecule has 0 aromatic heterocycles. The summed E-state index contributed by atoms with van der Waals surface area (Å²) in [7, 11) is 0. The molecule has 4 heteroatoms. The normalized spacial score (nSPS) is 38.3. The van der Waals surface area contributed by atoms with E-state index in [-0.39, 0.29) is 0 Å². The SMILES string of the molecule is CC1CCN2CCCNC2N(N)C1. The van der Waals surface area contributed by atoms with Crippen LogP contribution in [0.2, 0.25) is 0 Å². The van der Waals surface area contributed by atoms with E-state index in [1.54, 1.807) is 0 Å². The Morgan fingerprint density at radius 2 is 2.23 bits per heavy atom. The standard InChI is InChI=1S/C9H20N4/c1-8-3-6-12-5-2-4-11-9(12)13(10)7-8/h8-9,11H,2-7,10H2,1H3. The number of fused-ring (bicyclic) bond motifs is 1. The highest BCUT2D eigenvalue weighted by molar-refractivity contribution is 4.78. The van der Waals surface area contributed by atoms with Gasteiger partial charge in [-0.1, -0.05) is 6.92 Å². The van der Waals surface area contributed by atoms with E-state index in [1.807, 2.05) is 5.01 Å². The number of nitrogens with one attached hydrogen (secondary N) is 1. The smallest absolute Gasteiger partial charge is 0.129 e. The predicted octanol–water partition coefficient (Wildman–Crippen LogP) is -0.219. The van der Waals surface area contributed by atoms with Crippen LogP contribution < -0.4 is 11.2 Å². The van der Waals surface area contributed by atoms with Gasteiger partial charge in [0.1, 0.15) is 6.29 Å². The second-order valence-corrected chi connectivity index (χ2v) is 4.31. The number of nitrogens with zero attached hydrogens (tertiary/aromatic N) is 2. The molecule has 13 heavy (non-hydrogen) atoms. The highest BCUT2D eigenvalue weighted by Crippen LogP contribution is 2.16. The monoisotopic (exact) mass is 184 g/mol. The zero-order chi connectivity index (χ0) is 9.26. The number of hydrogen-bond acceptors (Lipinski definition) is 4. The highest BCUT2D eigenvalue weighted by Gasteiger charge is 2.29. The van der Waals surface area contributed by atoms with Crippen molar-refractivity contribution in [1.29, 1.82) is 0 Å². The molecule has 0 radical (unpaired) electrons. The summed E-state index contributed by atoms with van der Waals surface area (Å²) in [5.41, 5.74) is 0. The predicted molar refractivity (Wildman–Crippen MR) is 52.7 cm³/mol. The van der Waals surface area contributed by atoms with Crippen LogP contribution >= 0.6 is 0 Å². The zero-order valence-corrected chi connectivity index (χ0v) is 8.37. The molecule has 2 saturated heterocycles. The summed E-state index contributed by atoms with van der Waals surface area (Å²) in [4.78, 5) is 2.45. The van der Waals surface area contributed by atoms with Gasteiger partial charge in [-0.15, -0.1) is 0 Å². The topological polar surface area (TPSA) is 44.5 Å². The molecule has 2 fully saturated rings. The minimum atomic E-state index is 0.290. The van der Waals surface area contributed by atoms with E-state index in [0.29, 0.717) is 6.29 Å². The van der Waals surface area contributed by atoms with Crippen LogP contribution in [0.4, 0.5) is 0 Å². The zero-order valence-electron chi connectivity index (χ0n) is 8.37. The van der Waals surface area contributed by atoms with Gasteiger partial charge < -0.3 is 0 Å². The molecule has 2 aliphatic heterocycles. The maximum absolute atomic E-state index is 6.01. The lowest BCUT2D eigenvalue weighted by molar-refractivity contribution is 0.0104. The van der Waals surface area contributed by atoms with E-state index in [4.69, 9.17) is 5.84 Å². The van der Waals surface area contributed by atoms with Gasteiger partial charge in [-0.2, -0.15) is 0 Å². The summed E-state index contributed by atoms with van der Waals surface area (Å²) in [5.74, 6) is 6.73. The molecule has 2 aliphatic rings. The minimum absolute atomic E-state index is 0.290. The number of hydrazine groups is 1. The lowest BCUT2D eigenvalue weighted by Crippen LogP contribution is -2.61. The van der Waals surface area contributed by atoms with Crippen molar-refractivity contribution in [2.45, 2.75) is 26.1 Å². The minimum Gasteiger partial charge on any atom is -0.288 e. The van der Waals surface area contributed by atoms with Crippen molar-refractivity contribution >= 4 is 0 Å². The average Bonchev–Trinajstić information content (AvgIpc) is 2.27. The van der Waals surface area contributed by atoms with Crippen LogP contribution in [0.5, 0.6) is 0 Å². The van der Waals surface area contributed by atoms with Crippen molar-refractivity contribution in [2.24, 2.45) is 11.8 Å². The van der Waals surface area contributed by atoms with E-state index < -0.39 is 0 Å². The molecule has 2 unspecified atom stereocenters.